The summed E-state index contributed by atoms with van der Waals surface area (Å²) in [6, 6.07) is 6.96. The second kappa shape index (κ2) is 6.88. The van der Waals surface area contributed by atoms with E-state index in [2.05, 4.69) is 46.3 Å². The lowest BCUT2D eigenvalue weighted by atomic mass is 9.88. The SMILES string of the molecule is CC(C)CC1(C)CN(c2nc(-c3n[nH]c4ncccc34)ccc2F)CCN1. The van der Waals surface area contributed by atoms with Gasteiger partial charge in [0.05, 0.1) is 5.69 Å². The van der Waals surface area contributed by atoms with Crippen molar-refractivity contribution in [3.05, 3.63) is 36.3 Å². The zero-order valence-corrected chi connectivity index (χ0v) is 16.0. The van der Waals surface area contributed by atoms with Crippen LogP contribution in [0.25, 0.3) is 22.4 Å². The highest BCUT2D eigenvalue weighted by molar-refractivity contribution is 5.89. The highest BCUT2D eigenvalue weighted by Gasteiger charge is 2.33. The summed E-state index contributed by atoms with van der Waals surface area (Å²) >= 11 is 0. The lowest BCUT2D eigenvalue weighted by molar-refractivity contribution is 0.269. The quantitative estimate of drug-likeness (QED) is 0.739. The summed E-state index contributed by atoms with van der Waals surface area (Å²) in [5.41, 5.74) is 1.99. The molecule has 1 aliphatic rings. The summed E-state index contributed by atoms with van der Waals surface area (Å²) in [5.74, 6) is 0.657. The molecule has 1 unspecified atom stereocenters. The molecule has 1 aliphatic heterocycles. The van der Waals surface area contributed by atoms with Crippen molar-refractivity contribution in [3.8, 4) is 11.4 Å². The Kier molecular flexibility index (Phi) is 4.55. The van der Waals surface area contributed by atoms with Crippen molar-refractivity contribution in [2.75, 3.05) is 24.5 Å². The number of piperazine rings is 1. The molecule has 3 aromatic rings. The Morgan fingerprint density at radius 2 is 2.15 bits per heavy atom. The van der Waals surface area contributed by atoms with Crippen LogP contribution in [0.15, 0.2) is 30.5 Å². The third kappa shape index (κ3) is 3.51. The molecule has 0 bridgehead atoms. The molecular formula is C20H25FN6. The number of aromatic amines is 1. The van der Waals surface area contributed by atoms with Gasteiger partial charge in [-0.05, 0) is 43.5 Å². The normalized spacial score (nSPS) is 20.6. The molecule has 1 saturated heterocycles. The fourth-order valence-corrected chi connectivity index (χ4v) is 4.10. The van der Waals surface area contributed by atoms with Crippen molar-refractivity contribution in [2.24, 2.45) is 5.92 Å². The monoisotopic (exact) mass is 368 g/mol. The Labute approximate surface area is 158 Å². The van der Waals surface area contributed by atoms with Crippen LogP contribution in [0.1, 0.15) is 27.2 Å². The second-order valence-electron chi connectivity index (χ2n) is 7.98. The summed E-state index contributed by atoms with van der Waals surface area (Å²) in [5, 5.41) is 11.7. The van der Waals surface area contributed by atoms with Gasteiger partial charge in [-0.15, -0.1) is 0 Å². The Balaban J connectivity index is 1.69. The van der Waals surface area contributed by atoms with Crippen LogP contribution < -0.4 is 10.2 Å². The number of H-pyrrole nitrogens is 1. The van der Waals surface area contributed by atoms with Crippen LogP contribution in [0.2, 0.25) is 0 Å². The molecule has 3 aromatic heterocycles. The van der Waals surface area contributed by atoms with Gasteiger partial charge >= 0.3 is 0 Å². The van der Waals surface area contributed by atoms with Crippen LogP contribution >= 0.6 is 0 Å². The average Bonchev–Trinajstić information content (AvgIpc) is 3.05. The zero-order chi connectivity index (χ0) is 19.0. The van der Waals surface area contributed by atoms with Crippen LogP contribution in [0.5, 0.6) is 0 Å². The van der Waals surface area contributed by atoms with Gasteiger partial charge in [0.15, 0.2) is 17.3 Å². The van der Waals surface area contributed by atoms with Gasteiger partial charge in [-0.25, -0.2) is 14.4 Å². The highest BCUT2D eigenvalue weighted by Crippen LogP contribution is 2.29. The van der Waals surface area contributed by atoms with E-state index >= 15 is 0 Å². The van der Waals surface area contributed by atoms with E-state index in [0.29, 0.717) is 28.8 Å². The zero-order valence-electron chi connectivity index (χ0n) is 16.0. The maximum atomic E-state index is 14.7. The maximum Gasteiger partial charge on any atom is 0.165 e. The molecule has 1 atom stereocenters. The third-order valence-electron chi connectivity index (χ3n) is 5.04. The minimum atomic E-state index is -0.300. The van der Waals surface area contributed by atoms with Crippen molar-refractivity contribution >= 4 is 16.9 Å². The number of fused-ring (bicyclic) bond motifs is 1. The average molecular weight is 368 g/mol. The summed E-state index contributed by atoms with van der Waals surface area (Å²) in [4.78, 5) is 11.0. The molecule has 0 spiro atoms. The molecule has 4 heterocycles. The number of aromatic nitrogens is 4. The summed E-state index contributed by atoms with van der Waals surface area (Å²) in [6.07, 6.45) is 2.74. The van der Waals surface area contributed by atoms with Crippen LogP contribution in [0.3, 0.4) is 0 Å². The molecule has 2 N–H and O–H groups in total. The molecule has 142 valence electrons. The molecule has 0 radical (unpaired) electrons. The molecular weight excluding hydrogens is 343 g/mol. The standard InChI is InChI=1S/C20H25FN6/c1-13(2)11-20(3)12-27(10-9-23-20)19-15(21)6-7-16(24-19)17-14-5-4-8-22-18(14)26-25-17/h4-8,13,23H,9-12H2,1-3H3,(H,22,25,26). The van der Waals surface area contributed by atoms with E-state index in [1.165, 1.54) is 6.07 Å². The molecule has 0 aliphatic carbocycles. The number of pyridine rings is 2. The van der Waals surface area contributed by atoms with Crippen LogP contribution in [-0.4, -0.2) is 45.3 Å². The minimum absolute atomic E-state index is 0.0561. The molecule has 4 rings (SSSR count). The fourth-order valence-electron chi connectivity index (χ4n) is 4.10. The van der Waals surface area contributed by atoms with Gasteiger partial charge in [0.1, 0.15) is 5.69 Å². The number of rotatable bonds is 4. The molecule has 1 fully saturated rings. The lowest BCUT2D eigenvalue weighted by Crippen LogP contribution is -2.59. The van der Waals surface area contributed by atoms with Crippen LogP contribution in [0, 0.1) is 11.7 Å². The summed E-state index contributed by atoms with van der Waals surface area (Å²) < 4.78 is 14.7. The van der Waals surface area contributed by atoms with E-state index in [1.807, 2.05) is 17.0 Å². The lowest BCUT2D eigenvalue weighted by Gasteiger charge is -2.43. The molecule has 0 amide bonds. The molecule has 27 heavy (non-hydrogen) atoms. The van der Waals surface area contributed by atoms with Gasteiger partial charge in [0.2, 0.25) is 0 Å². The van der Waals surface area contributed by atoms with Gasteiger partial charge in [-0.3, -0.25) is 5.10 Å². The van der Waals surface area contributed by atoms with Gasteiger partial charge < -0.3 is 10.2 Å². The summed E-state index contributed by atoms with van der Waals surface area (Å²) in [7, 11) is 0. The first-order valence-corrected chi connectivity index (χ1v) is 9.41. The van der Waals surface area contributed by atoms with E-state index < -0.39 is 0 Å². The van der Waals surface area contributed by atoms with Crippen molar-refractivity contribution in [2.45, 2.75) is 32.7 Å². The first-order valence-electron chi connectivity index (χ1n) is 9.41. The van der Waals surface area contributed by atoms with Gasteiger partial charge in [0, 0.05) is 36.8 Å². The smallest absolute Gasteiger partial charge is 0.165 e. The Hall–Kier alpha value is -2.54. The van der Waals surface area contributed by atoms with E-state index in [1.54, 1.807) is 12.3 Å². The van der Waals surface area contributed by atoms with E-state index in [4.69, 9.17) is 0 Å². The Morgan fingerprint density at radius 1 is 1.30 bits per heavy atom. The first-order chi connectivity index (χ1) is 13.0. The predicted molar refractivity (Wildman–Crippen MR) is 105 cm³/mol. The minimum Gasteiger partial charge on any atom is -0.351 e. The number of hydrogen-bond acceptors (Lipinski definition) is 5. The topological polar surface area (TPSA) is 69.7 Å². The number of hydrogen-bond donors (Lipinski definition) is 2. The molecule has 0 saturated carbocycles. The number of halogens is 1. The summed E-state index contributed by atoms with van der Waals surface area (Å²) in [6.45, 7) is 8.88. The molecule has 7 heteroatoms. The Bertz CT molecular complexity index is 953. The molecule has 0 aromatic carbocycles. The van der Waals surface area contributed by atoms with E-state index in [9.17, 15) is 4.39 Å². The van der Waals surface area contributed by atoms with Crippen molar-refractivity contribution in [1.82, 2.24) is 25.5 Å². The molecule has 6 nitrogen and oxygen atoms in total. The Morgan fingerprint density at radius 3 is 2.96 bits per heavy atom. The van der Waals surface area contributed by atoms with Crippen molar-refractivity contribution in [3.63, 3.8) is 0 Å². The van der Waals surface area contributed by atoms with E-state index in [-0.39, 0.29) is 11.4 Å². The number of nitrogens with one attached hydrogen (secondary N) is 2. The number of nitrogens with zero attached hydrogens (tertiary/aromatic N) is 4. The van der Waals surface area contributed by atoms with Gasteiger partial charge in [-0.2, -0.15) is 5.10 Å². The first kappa shape index (κ1) is 17.9. The van der Waals surface area contributed by atoms with Crippen molar-refractivity contribution < 1.29 is 4.39 Å². The van der Waals surface area contributed by atoms with Gasteiger partial charge in [0.25, 0.3) is 0 Å². The van der Waals surface area contributed by atoms with E-state index in [0.717, 1.165) is 31.4 Å². The number of anilines is 1. The third-order valence-corrected chi connectivity index (χ3v) is 5.04. The largest absolute Gasteiger partial charge is 0.351 e. The van der Waals surface area contributed by atoms with Gasteiger partial charge in [-0.1, -0.05) is 13.8 Å². The highest BCUT2D eigenvalue weighted by atomic mass is 19.1. The van der Waals surface area contributed by atoms with Crippen LogP contribution in [0.4, 0.5) is 10.2 Å². The second-order valence-corrected chi connectivity index (χ2v) is 7.98. The predicted octanol–water partition coefficient (Wildman–Crippen LogP) is 3.37. The maximum absolute atomic E-state index is 14.7. The van der Waals surface area contributed by atoms with Crippen LogP contribution in [-0.2, 0) is 0 Å². The fraction of sp³-hybridized carbons (Fsp3) is 0.450. The van der Waals surface area contributed by atoms with Crippen molar-refractivity contribution in [1.29, 1.82) is 0 Å².